The Morgan fingerprint density at radius 3 is 2.06 bits per heavy atom. The second kappa shape index (κ2) is 7.49. The molecule has 0 fully saturated rings. The standard InChI is InChI=1S/C10H18F5NOS/c1-8(16)4-2-6-18(17)7-3-5-9(11,12)10(13,14)15/h8H,2-7,16H2,1H3. The number of alkyl halides is 5. The lowest BCUT2D eigenvalue weighted by Crippen LogP contribution is -2.36. The average Bonchev–Trinajstić information content (AvgIpc) is 2.14. The van der Waals surface area contributed by atoms with E-state index in [1.54, 1.807) is 6.92 Å². The van der Waals surface area contributed by atoms with Gasteiger partial charge >= 0.3 is 12.1 Å². The second-order valence-corrected chi connectivity index (χ2v) is 5.97. The van der Waals surface area contributed by atoms with Gasteiger partial charge in [0.1, 0.15) is 11.5 Å². The van der Waals surface area contributed by atoms with Crippen LogP contribution in [0.15, 0.2) is 0 Å². The second-order valence-electron chi connectivity index (χ2n) is 4.27. The summed E-state index contributed by atoms with van der Waals surface area (Å²) >= 11 is -1.35. The maximum atomic E-state index is 12.5. The van der Waals surface area contributed by atoms with E-state index in [1.807, 2.05) is 0 Å². The van der Waals surface area contributed by atoms with Crippen molar-refractivity contribution in [2.24, 2.45) is 5.73 Å². The molecule has 110 valence electrons. The summed E-state index contributed by atoms with van der Waals surface area (Å²) in [6, 6.07) is -0.0310. The van der Waals surface area contributed by atoms with Crippen molar-refractivity contribution in [1.29, 1.82) is 0 Å². The van der Waals surface area contributed by atoms with Crippen LogP contribution in [-0.2, 0) is 11.2 Å². The van der Waals surface area contributed by atoms with Gasteiger partial charge in [-0.2, -0.15) is 22.0 Å². The largest absolute Gasteiger partial charge is 0.616 e. The molecule has 8 heteroatoms. The summed E-state index contributed by atoms with van der Waals surface area (Å²) in [5.41, 5.74) is 5.46. The van der Waals surface area contributed by atoms with Crippen LogP contribution in [0.1, 0.15) is 32.6 Å². The molecule has 18 heavy (non-hydrogen) atoms. The summed E-state index contributed by atoms with van der Waals surface area (Å²) in [5.74, 6) is -4.53. The molecule has 0 aromatic carbocycles. The van der Waals surface area contributed by atoms with E-state index >= 15 is 0 Å². The van der Waals surface area contributed by atoms with Crippen molar-refractivity contribution >= 4 is 11.2 Å². The Morgan fingerprint density at radius 1 is 1.11 bits per heavy atom. The van der Waals surface area contributed by atoms with E-state index in [2.05, 4.69) is 0 Å². The molecule has 0 saturated heterocycles. The summed E-state index contributed by atoms with van der Waals surface area (Å²) in [6.07, 6.45) is -6.00. The highest BCUT2D eigenvalue weighted by molar-refractivity contribution is 7.91. The van der Waals surface area contributed by atoms with Crippen molar-refractivity contribution in [1.82, 2.24) is 0 Å². The number of halogens is 5. The van der Waals surface area contributed by atoms with E-state index in [4.69, 9.17) is 5.73 Å². The Morgan fingerprint density at radius 2 is 1.61 bits per heavy atom. The van der Waals surface area contributed by atoms with Gasteiger partial charge in [0.15, 0.2) is 0 Å². The van der Waals surface area contributed by atoms with E-state index in [0.717, 1.165) is 0 Å². The van der Waals surface area contributed by atoms with E-state index in [1.165, 1.54) is 0 Å². The molecule has 0 spiro atoms. The predicted octanol–water partition coefficient (Wildman–Crippen LogP) is 2.84. The molecular formula is C10H18F5NOS. The molecule has 2 nitrogen and oxygen atoms in total. The summed E-state index contributed by atoms with van der Waals surface area (Å²) in [6.45, 7) is 1.78. The lowest BCUT2D eigenvalue weighted by atomic mass is 10.2. The van der Waals surface area contributed by atoms with E-state index in [9.17, 15) is 26.5 Å². The van der Waals surface area contributed by atoms with Gasteiger partial charge in [-0.25, -0.2) is 0 Å². The van der Waals surface area contributed by atoms with Crippen molar-refractivity contribution in [3.05, 3.63) is 0 Å². The van der Waals surface area contributed by atoms with Crippen LogP contribution in [0.4, 0.5) is 22.0 Å². The van der Waals surface area contributed by atoms with Crippen LogP contribution in [0.2, 0.25) is 0 Å². The molecule has 0 aromatic rings. The lowest BCUT2D eigenvalue weighted by molar-refractivity contribution is -0.284. The van der Waals surface area contributed by atoms with Gasteiger partial charge in [0, 0.05) is 12.5 Å². The Balaban J connectivity index is 3.77. The van der Waals surface area contributed by atoms with Gasteiger partial charge in [-0.05, 0) is 26.2 Å². The fraction of sp³-hybridized carbons (Fsp3) is 1.00. The lowest BCUT2D eigenvalue weighted by Gasteiger charge is -2.19. The summed E-state index contributed by atoms with van der Waals surface area (Å²) < 4.78 is 71.7. The van der Waals surface area contributed by atoms with Gasteiger partial charge in [-0.3, -0.25) is 0 Å². The minimum Gasteiger partial charge on any atom is -0.616 e. The molecule has 0 aliphatic carbocycles. The first-order valence-electron chi connectivity index (χ1n) is 5.61. The Kier molecular flexibility index (Phi) is 7.46. The molecule has 0 aliphatic heterocycles. The molecule has 0 radical (unpaired) electrons. The molecule has 0 heterocycles. The molecule has 2 unspecified atom stereocenters. The molecule has 0 aromatic heterocycles. The average molecular weight is 295 g/mol. The minimum atomic E-state index is -5.52. The Labute approximate surface area is 106 Å². The van der Waals surface area contributed by atoms with Gasteiger partial charge in [-0.15, -0.1) is 0 Å². The first kappa shape index (κ1) is 17.9. The maximum Gasteiger partial charge on any atom is 0.453 e. The molecule has 0 aliphatic rings. The maximum absolute atomic E-state index is 12.5. The number of rotatable bonds is 8. The molecule has 0 bridgehead atoms. The van der Waals surface area contributed by atoms with Crippen LogP contribution in [-0.4, -0.2) is 34.2 Å². The van der Waals surface area contributed by atoms with E-state index in [-0.39, 0.29) is 11.8 Å². The highest BCUT2D eigenvalue weighted by Crippen LogP contribution is 2.38. The fourth-order valence-electron chi connectivity index (χ4n) is 1.27. The third kappa shape index (κ3) is 7.38. The summed E-state index contributed by atoms with van der Waals surface area (Å²) in [7, 11) is 0. The van der Waals surface area contributed by atoms with Crippen molar-refractivity contribution in [3.8, 4) is 0 Å². The van der Waals surface area contributed by atoms with Crippen molar-refractivity contribution in [3.63, 3.8) is 0 Å². The fourth-order valence-corrected chi connectivity index (χ4v) is 2.42. The third-order valence-corrected chi connectivity index (χ3v) is 3.80. The minimum absolute atomic E-state index is 0.0310. The predicted molar refractivity (Wildman–Crippen MR) is 61.0 cm³/mol. The molecule has 0 amide bonds. The zero-order valence-corrected chi connectivity index (χ0v) is 10.9. The SMILES string of the molecule is CC(N)CCC[S+]([O-])CCCC(F)(F)C(F)(F)F. The highest BCUT2D eigenvalue weighted by atomic mass is 32.2. The van der Waals surface area contributed by atoms with Gasteiger partial charge < -0.3 is 10.3 Å². The number of nitrogens with two attached hydrogens (primary N) is 1. The smallest absolute Gasteiger partial charge is 0.453 e. The summed E-state index contributed by atoms with van der Waals surface area (Å²) in [5, 5.41) is 0. The molecule has 0 rings (SSSR count). The van der Waals surface area contributed by atoms with Crippen LogP contribution in [0.3, 0.4) is 0 Å². The number of hydrogen-bond acceptors (Lipinski definition) is 2. The van der Waals surface area contributed by atoms with Gasteiger partial charge in [0.05, 0.1) is 0 Å². The van der Waals surface area contributed by atoms with E-state index < -0.39 is 36.1 Å². The topological polar surface area (TPSA) is 49.1 Å². The number of hydrogen-bond donors (Lipinski definition) is 1. The zero-order valence-electron chi connectivity index (χ0n) is 10.1. The molecular weight excluding hydrogens is 277 g/mol. The van der Waals surface area contributed by atoms with Crippen molar-refractivity contribution in [2.75, 3.05) is 11.5 Å². The van der Waals surface area contributed by atoms with Gasteiger partial charge in [0.2, 0.25) is 0 Å². The third-order valence-electron chi connectivity index (χ3n) is 2.31. The quantitative estimate of drug-likeness (QED) is 0.553. The zero-order chi connectivity index (χ0) is 14.4. The first-order chi connectivity index (χ1) is 8.06. The van der Waals surface area contributed by atoms with Gasteiger partial charge in [0.25, 0.3) is 0 Å². The van der Waals surface area contributed by atoms with Crippen molar-refractivity contribution in [2.45, 2.75) is 50.7 Å². The molecule has 2 N–H and O–H groups in total. The van der Waals surface area contributed by atoms with Gasteiger partial charge in [-0.1, -0.05) is 11.2 Å². The van der Waals surface area contributed by atoms with E-state index in [0.29, 0.717) is 18.6 Å². The molecule has 0 saturated carbocycles. The normalized spacial score (nSPS) is 16.7. The Bertz CT molecular complexity index is 235. The van der Waals surface area contributed by atoms with Crippen LogP contribution in [0, 0.1) is 0 Å². The van der Waals surface area contributed by atoms with Crippen molar-refractivity contribution < 1.29 is 26.5 Å². The Hall–Kier alpha value is -0.0800. The molecule has 2 atom stereocenters. The monoisotopic (exact) mass is 295 g/mol. The summed E-state index contributed by atoms with van der Waals surface area (Å²) in [4.78, 5) is 0. The van der Waals surface area contributed by atoms with Crippen LogP contribution in [0.5, 0.6) is 0 Å². The van der Waals surface area contributed by atoms with Crippen LogP contribution < -0.4 is 5.73 Å². The van der Waals surface area contributed by atoms with Crippen LogP contribution >= 0.6 is 0 Å². The first-order valence-corrected chi connectivity index (χ1v) is 7.10. The highest BCUT2D eigenvalue weighted by Gasteiger charge is 2.56. The van der Waals surface area contributed by atoms with Crippen LogP contribution in [0.25, 0.3) is 0 Å².